The molecule has 158 valence electrons. The largest absolute Gasteiger partial charge is 0.461 e. The van der Waals surface area contributed by atoms with Crippen LogP contribution in [0.5, 0.6) is 0 Å². The van der Waals surface area contributed by atoms with Crippen molar-refractivity contribution < 1.29 is 23.9 Å². The number of aromatic amines is 1. The molecule has 0 saturated heterocycles. The highest BCUT2D eigenvalue weighted by atomic mass is 16.5. The second kappa shape index (κ2) is 9.87. The van der Waals surface area contributed by atoms with Crippen LogP contribution in [0.1, 0.15) is 73.1 Å². The SMILES string of the molecule is CCOC(=O)c1[nH]c(C)c(C(=O)[C@H](C)N(CCOC)C(=O)CC(C)(C)C)c1C. The zero-order chi connectivity index (χ0) is 21.6. The van der Waals surface area contributed by atoms with Gasteiger partial charge in [0.1, 0.15) is 5.69 Å². The Kier molecular flexibility index (Phi) is 8.42. The van der Waals surface area contributed by atoms with Gasteiger partial charge in [-0.1, -0.05) is 20.8 Å². The Labute approximate surface area is 167 Å². The maximum atomic E-state index is 13.2. The number of H-pyrrole nitrogens is 1. The van der Waals surface area contributed by atoms with Crippen molar-refractivity contribution in [3.63, 3.8) is 0 Å². The number of nitrogens with zero attached hydrogens (tertiary/aromatic N) is 1. The number of carbonyl (C=O) groups excluding carboxylic acids is 3. The molecule has 0 bridgehead atoms. The molecule has 0 aliphatic heterocycles. The number of amides is 1. The van der Waals surface area contributed by atoms with Gasteiger partial charge in [-0.25, -0.2) is 4.79 Å². The lowest BCUT2D eigenvalue weighted by atomic mass is 9.91. The van der Waals surface area contributed by atoms with E-state index < -0.39 is 12.0 Å². The van der Waals surface area contributed by atoms with Crippen molar-refractivity contribution in [1.82, 2.24) is 9.88 Å². The summed E-state index contributed by atoms with van der Waals surface area (Å²) >= 11 is 0. The van der Waals surface area contributed by atoms with E-state index in [1.807, 2.05) is 20.8 Å². The lowest BCUT2D eigenvalue weighted by Crippen LogP contribution is -2.46. The van der Waals surface area contributed by atoms with Gasteiger partial charge >= 0.3 is 5.97 Å². The molecule has 0 radical (unpaired) electrons. The normalized spacial score (nSPS) is 12.6. The minimum absolute atomic E-state index is 0.0955. The van der Waals surface area contributed by atoms with Crippen LogP contribution in [0.2, 0.25) is 0 Å². The average molecular weight is 395 g/mol. The standard InChI is InChI=1S/C21H34N2O5/c1-9-28-20(26)18-13(2)17(14(3)22-18)19(25)15(4)23(10-11-27-8)16(24)12-21(5,6)7/h15,22H,9-12H2,1-8H3/t15-/m0/s1. The zero-order valence-electron chi connectivity index (χ0n) is 18.4. The molecule has 7 nitrogen and oxygen atoms in total. The minimum atomic E-state index is -0.673. The lowest BCUT2D eigenvalue weighted by molar-refractivity contribution is -0.135. The highest BCUT2D eigenvalue weighted by molar-refractivity contribution is 6.06. The predicted molar refractivity (Wildman–Crippen MR) is 108 cm³/mol. The number of esters is 1. The second-order valence-corrected chi connectivity index (χ2v) is 8.20. The average Bonchev–Trinajstić information content (AvgIpc) is 2.87. The zero-order valence-corrected chi connectivity index (χ0v) is 18.4. The highest BCUT2D eigenvalue weighted by Crippen LogP contribution is 2.24. The Balaban J connectivity index is 3.19. The first-order chi connectivity index (χ1) is 12.9. The molecule has 0 fully saturated rings. The summed E-state index contributed by atoms with van der Waals surface area (Å²) in [7, 11) is 1.56. The molecule has 0 aliphatic carbocycles. The summed E-state index contributed by atoms with van der Waals surface area (Å²) < 4.78 is 10.2. The van der Waals surface area contributed by atoms with Gasteiger partial charge in [0.25, 0.3) is 0 Å². The third-order valence-electron chi connectivity index (χ3n) is 4.55. The monoisotopic (exact) mass is 394 g/mol. The first kappa shape index (κ1) is 23.9. The summed E-state index contributed by atoms with van der Waals surface area (Å²) in [5.41, 5.74) is 1.65. The Morgan fingerprint density at radius 1 is 1.18 bits per heavy atom. The van der Waals surface area contributed by atoms with Crippen LogP contribution < -0.4 is 0 Å². The summed E-state index contributed by atoms with van der Waals surface area (Å²) in [5.74, 6) is -0.795. The van der Waals surface area contributed by atoms with Crippen molar-refractivity contribution in [1.29, 1.82) is 0 Å². The van der Waals surface area contributed by atoms with E-state index in [2.05, 4.69) is 4.98 Å². The van der Waals surface area contributed by atoms with Crippen LogP contribution in [0.15, 0.2) is 0 Å². The fourth-order valence-corrected chi connectivity index (χ4v) is 3.16. The Morgan fingerprint density at radius 3 is 2.29 bits per heavy atom. The van der Waals surface area contributed by atoms with Gasteiger partial charge < -0.3 is 19.4 Å². The van der Waals surface area contributed by atoms with Crippen LogP contribution >= 0.6 is 0 Å². The molecule has 1 aromatic heterocycles. The maximum absolute atomic E-state index is 13.2. The molecule has 28 heavy (non-hydrogen) atoms. The molecule has 1 heterocycles. The van der Waals surface area contributed by atoms with Crippen LogP contribution in [0, 0.1) is 19.3 Å². The minimum Gasteiger partial charge on any atom is -0.461 e. The van der Waals surface area contributed by atoms with Gasteiger partial charge in [0.05, 0.1) is 19.3 Å². The molecule has 0 aliphatic rings. The summed E-state index contributed by atoms with van der Waals surface area (Å²) in [5, 5.41) is 0. The summed E-state index contributed by atoms with van der Waals surface area (Å²) in [6.07, 6.45) is 0.327. The van der Waals surface area contributed by atoms with Crippen molar-refractivity contribution in [3.05, 3.63) is 22.5 Å². The number of nitrogens with one attached hydrogen (secondary N) is 1. The van der Waals surface area contributed by atoms with E-state index in [0.717, 1.165) is 0 Å². The molecule has 1 amide bonds. The molecule has 0 unspecified atom stereocenters. The van der Waals surface area contributed by atoms with Crippen molar-refractivity contribution >= 4 is 17.7 Å². The van der Waals surface area contributed by atoms with Gasteiger partial charge in [0.15, 0.2) is 5.78 Å². The third-order valence-corrected chi connectivity index (χ3v) is 4.55. The fourth-order valence-electron chi connectivity index (χ4n) is 3.16. The van der Waals surface area contributed by atoms with Crippen molar-refractivity contribution in [2.75, 3.05) is 26.9 Å². The van der Waals surface area contributed by atoms with E-state index in [1.165, 1.54) is 0 Å². The molecule has 0 spiro atoms. The maximum Gasteiger partial charge on any atom is 0.355 e. The molecule has 7 heteroatoms. The number of ketones is 1. The second-order valence-electron chi connectivity index (χ2n) is 8.20. The van der Waals surface area contributed by atoms with Crippen LogP contribution in [-0.2, 0) is 14.3 Å². The molecule has 1 rings (SSSR count). The van der Waals surface area contributed by atoms with E-state index in [0.29, 0.717) is 36.4 Å². The number of ether oxygens (including phenoxy) is 2. The first-order valence-electron chi connectivity index (χ1n) is 9.63. The van der Waals surface area contributed by atoms with E-state index in [4.69, 9.17) is 9.47 Å². The Bertz CT molecular complexity index is 715. The number of methoxy groups -OCH3 is 1. The number of aryl methyl sites for hydroxylation is 1. The van der Waals surface area contributed by atoms with E-state index in [9.17, 15) is 14.4 Å². The van der Waals surface area contributed by atoms with Crippen LogP contribution in [0.3, 0.4) is 0 Å². The first-order valence-corrected chi connectivity index (χ1v) is 9.63. The van der Waals surface area contributed by atoms with Gasteiger partial charge in [0, 0.05) is 31.3 Å². The predicted octanol–water partition coefficient (Wildman–Crippen LogP) is 3.29. The van der Waals surface area contributed by atoms with Gasteiger partial charge in [0.2, 0.25) is 5.91 Å². The summed E-state index contributed by atoms with van der Waals surface area (Å²) in [6, 6.07) is -0.673. The van der Waals surface area contributed by atoms with Gasteiger partial charge in [-0.3, -0.25) is 9.59 Å². The van der Waals surface area contributed by atoms with Crippen molar-refractivity contribution in [2.45, 2.75) is 60.9 Å². The molecule has 1 atom stereocenters. The van der Waals surface area contributed by atoms with Gasteiger partial charge in [-0.2, -0.15) is 0 Å². The van der Waals surface area contributed by atoms with Crippen molar-refractivity contribution in [2.24, 2.45) is 5.41 Å². The highest BCUT2D eigenvalue weighted by Gasteiger charge is 2.32. The number of aromatic nitrogens is 1. The van der Waals surface area contributed by atoms with E-state index in [-0.39, 0.29) is 29.4 Å². The Morgan fingerprint density at radius 2 is 1.79 bits per heavy atom. The van der Waals surface area contributed by atoms with Gasteiger partial charge in [-0.05, 0) is 38.7 Å². The number of Topliss-reactive ketones (excluding diaryl/α,β-unsaturated/α-hetero) is 1. The molecular formula is C21H34N2O5. The topological polar surface area (TPSA) is 88.7 Å². The van der Waals surface area contributed by atoms with Crippen LogP contribution in [0.4, 0.5) is 0 Å². The number of hydrogen-bond acceptors (Lipinski definition) is 5. The summed E-state index contributed by atoms with van der Waals surface area (Å²) in [6.45, 7) is 13.8. The van der Waals surface area contributed by atoms with Crippen molar-refractivity contribution in [3.8, 4) is 0 Å². The number of rotatable bonds is 9. The van der Waals surface area contributed by atoms with E-state index in [1.54, 1.807) is 39.7 Å². The number of carbonyl (C=O) groups is 3. The van der Waals surface area contributed by atoms with Crippen LogP contribution in [-0.4, -0.2) is 60.5 Å². The summed E-state index contributed by atoms with van der Waals surface area (Å²) in [4.78, 5) is 42.7. The fraction of sp³-hybridized carbons (Fsp3) is 0.667. The molecule has 0 saturated carbocycles. The van der Waals surface area contributed by atoms with Crippen LogP contribution in [0.25, 0.3) is 0 Å². The smallest absolute Gasteiger partial charge is 0.355 e. The van der Waals surface area contributed by atoms with E-state index >= 15 is 0 Å². The quantitative estimate of drug-likeness (QED) is 0.513. The molecule has 1 aromatic rings. The number of hydrogen-bond donors (Lipinski definition) is 1. The molecular weight excluding hydrogens is 360 g/mol. The Hall–Kier alpha value is -2.15. The third kappa shape index (κ3) is 5.92. The van der Waals surface area contributed by atoms with Gasteiger partial charge in [-0.15, -0.1) is 0 Å². The lowest BCUT2D eigenvalue weighted by Gasteiger charge is -2.31. The molecule has 1 N–H and O–H groups in total. The molecule has 0 aromatic carbocycles.